The molecule has 0 saturated carbocycles. The number of ketones is 2. The van der Waals surface area contributed by atoms with Crippen LogP contribution in [0.2, 0.25) is 10.2 Å². The van der Waals surface area contributed by atoms with Crippen molar-refractivity contribution in [3.8, 4) is 0 Å². The number of ether oxygens (including phenoxy) is 1. The second-order valence-electron chi connectivity index (χ2n) is 7.08. The Morgan fingerprint density at radius 3 is 2.72 bits per heavy atom. The van der Waals surface area contributed by atoms with Gasteiger partial charge in [-0.05, 0) is 6.92 Å². The molecule has 2 saturated heterocycles. The lowest BCUT2D eigenvalue weighted by Crippen LogP contribution is -2.65. The van der Waals surface area contributed by atoms with Crippen LogP contribution >= 0.6 is 23.2 Å². The lowest BCUT2D eigenvalue weighted by Gasteiger charge is -2.43. The van der Waals surface area contributed by atoms with E-state index in [0.29, 0.717) is 12.3 Å². The third-order valence-electron chi connectivity index (χ3n) is 5.16. The van der Waals surface area contributed by atoms with E-state index in [0.717, 1.165) is 0 Å². The van der Waals surface area contributed by atoms with Gasteiger partial charge in [0, 0.05) is 13.2 Å². The number of Topliss-reactive ketones (excluding diaryl/α,β-unsaturated/α-hetero) is 2. The number of hydrogen-bond acceptors (Lipinski definition) is 7. The molecule has 3 aliphatic rings. The number of amides is 2. The highest BCUT2D eigenvalue weighted by Gasteiger charge is 2.52. The summed E-state index contributed by atoms with van der Waals surface area (Å²) in [6.07, 6.45) is 0.725. The van der Waals surface area contributed by atoms with Crippen LogP contribution in [0, 0.1) is 0 Å². The smallest absolute Gasteiger partial charge is 0.257 e. The molecular formula is C17H17Cl2N5O5. The van der Waals surface area contributed by atoms with Crippen LogP contribution in [0.5, 0.6) is 0 Å². The molecule has 1 aromatic rings. The summed E-state index contributed by atoms with van der Waals surface area (Å²) in [4.78, 5) is 53.3. The molecule has 0 radical (unpaired) electrons. The van der Waals surface area contributed by atoms with E-state index in [2.05, 4.69) is 10.4 Å². The number of hydrogen-bond donors (Lipinski definition) is 1. The number of nitrogens with one attached hydrogen (secondary N) is 1. The van der Waals surface area contributed by atoms with Gasteiger partial charge in [-0.1, -0.05) is 23.2 Å². The Morgan fingerprint density at radius 2 is 2.07 bits per heavy atom. The van der Waals surface area contributed by atoms with Gasteiger partial charge >= 0.3 is 0 Å². The van der Waals surface area contributed by atoms with Crippen LogP contribution in [0.4, 0.5) is 0 Å². The molecule has 1 aromatic heterocycles. The zero-order valence-electron chi connectivity index (χ0n) is 15.5. The maximum absolute atomic E-state index is 12.7. The fourth-order valence-electron chi connectivity index (χ4n) is 3.70. The van der Waals surface area contributed by atoms with Gasteiger partial charge in [-0.15, -0.1) is 0 Å². The summed E-state index contributed by atoms with van der Waals surface area (Å²) in [5.74, 6) is -3.20. The van der Waals surface area contributed by atoms with E-state index in [4.69, 9.17) is 27.9 Å². The molecule has 4 heterocycles. The second kappa shape index (κ2) is 7.12. The third-order valence-corrected chi connectivity index (χ3v) is 6.09. The number of carbonyl (C=O) groups excluding carboxylic acids is 4. The normalized spacial score (nSPS) is 26.4. The van der Waals surface area contributed by atoms with Crippen LogP contribution in [0.15, 0.2) is 11.8 Å². The van der Waals surface area contributed by atoms with Crippen LogP contribution in [0.3, 0.4) is 0 Å². The van der Waals surface area contributed by atoms with Gasteiger partial charge in [0.25, 0.3) is 11.8 Å². The minimum Gasteiger partial charge on any atom is -0.354 e. The number of fused-ring (bicyclic) bond motifs is 2. The molecule has 0 spiro atoms. The predicted octanol–water partition coefficient (Wildman–Crippen LogP) is -0.364. The summed E-state index contributed by atoms with van der Waals surface area (Å²) >= 11 is 12.0. The molecule has 0 aromatic carbocycles. The van der Waals surface area contributed by atoms with Crippen molar-refractivity contribution in [1.82, 2.24) is 24.9 Å². The van der Waals surface area contributed by atoms with Crippen molar-refractivity contribution in [2.24, 2.45) is 7.05 Å². The molecule has 3 aliphatic heterocycles. The van der Waals surface area contributed by atoms with E-state index in [9.17, 15) is 19.2 Å². The molecule has 0 aliphatic carbocycles. The fraction of sp³-hybridized carbons (Fsp3) is 0.471. The zero-order valence-corrected chi connectivity index (χ0v) is 17.0. The van der Waals surface area contributed by atoms with E-state index < -0.39 is 35.7 Å². The number of aromatic nitrogens is 2. The Morgan fingerprint density at radius 1 is 1.34 bits per heavy atom. The zero-order chi connectivity index (χ0) is 21.0. The average Bonchev–Trinajstić information content (AvgIpc) is 3.17. The largest absolute Gasteiger partial charge is 0.354 e. The number of carbonyl (C=O) groups is 4. The maximum atomic E-state index is 12.7. The molecule has 0 bridgehead atoms. The van der Waals surface area contributed by atoms with E-state index >= 15 is 0 Å². The molecule has 4 rings (SSSR count). The Labute approximate surface area is 175 Å². The molecule has 29 heavy (non-hydrogen) atoms. The Balaban J connectivity index is 1.54. The minimum absolute atomic E-state index is 0.0869. The van der Waals surface area contributed by atoms with Crippen LogP contribution in [0.25, 0.3) is 0 Å². The average molecular weight is 442 g/mol. The highest BCUT2D eigenvalue weighted by atomic mass is 35.5. The topological polar surface area (TPSA) is 114 Å². The summed E-state index contributed by atoms with van der Waals surface area (Å²) in [7, 11) is 1.59. The van der Waals surface area contributed by atoms with Crippen LogP contribution in [0.1, 0.15) is 12.6 Å². The van der Waals surface area contributed by atoms with E-state index in [-0.39, 0.29) is 34.9 Å². The monoisotopic (exact) mass is 441 g/mol. The van der Waals surface area contributed by atoms with E-state index in [1.54, 1.807) is 7.05 Å². The first-order valence-electron chi connectivity index (χ1n) is 8.85. The van der Waals surface area contributed by atoms with Crippen molar-refractivity contribution in [2.45, 2.75) is 31.8 Å². The van der Waals surface area contributed by atoms with E-state index in [1.807, 2.05) is 6.92 Å². The number of aryl methyl sites for hydroxylation is 1. The summed E-state index contributed by atoms with van der Waals surface area (Å²) in [5, 5.41) is 6.97. The second-order valence-corrected chi connectivity index (χ2v) is 7.81. The SMILES string of the molecule is C[C@H]1CO[C@@H]2CN3C=C(C(=O)NCc4nn(C)c(Cl)c4Cl)C(=O)C(=O)C3C(=O)N12. The van der Waals surface area contributed by atoms with Crippen LogP contribution < -0.4 is 5.32 Å². The van der Waals surface area contributed by atoms with Gasteiger partial charge < -0.3 is 19.9 Å². The van der Waals surface area contributed by atoms with Crippen LogP contribution in [-0.2, 0) is 37.5 Å². The molecule has 2 amide bonds. The van der Waals surface area contributed by atoms with E-state index in [1.165, 1.54) is 20.7 Å². The van der Waals surface area contributed by atoms with Crippen LogP contribution in [-0.4, -0.2) is 74.4 Å². The fourth-order valence-corrected chi connectivity index (χ4v) is 4.07. The molecule has 1 unspecified atom stereocenters. The molecule has 154 valence electrons. The standard InChI is InChI=1S/C17H17Cl2N5O5/c1-7-6-29-10-5-23-4-8(13(25)14(26)12(23)17(28)24(7)10)16(27)20-3-9-11(18)15(19)22(2)21-9/h4,7,10,12H,3,5-6H2,1-2H3,(H,20,27)/t7-,10+,12?/m0/s1. The Bertz CT molecular complexity index is 974. The maximum Gasteiger partial charge on any atom is 0.257 e. The molecule has 1 N–H and O–H groups in total. The van der Waals surface area contributed by atoms with Crippen molar-refractivity contribution in [2.75, 3.05) is 13.2 Å². The minimum atomic E-state index is -1.26. The van der Waals surface area contributed by atoms with Gasteiger partial charge in [-0.25, -0.2) is 0 Å². The summed E-state index contributed by atoms with van der Waals surface area (Å²) in [6, 6.07) is -1.44. The molecule has 2 fully saturated rings. The number of rotatable bonds is 3. The van der Waals surface area contributed by atoms with Crippen molar-refractivity contribution in [3.63, 3.8) is 0 Å². The first-order valence-corrected chi connectivity index (χ1v) is 9.61. The van der Waals surface area contributed by atoms with Gasteiger partial charge in [-0.2, -0.15) is 5.10 Å². The molecule has 3 atom stereocenters. The predicted molar refractivity (Wildman–Crippen MR) is 99.7 cm³/mol. The molecule has 12 heteroatoms. The van der Waals surface area contributed by atoms with Gasteiger partial charge in [0.2, 0.25) is 11.6 Å². The third kappa shape index (κ3) is 3.11. The Kier molecular flexibility index (Phi) is 4.88. The Hall–Kier alpha value is -2.43. The quantitative estimate of drug-likeness (QED) is 0.386. The first-order chi connectivity index (χ1) is 13.7. The van der Waals surface area contributed by atoms with Gasteiger partial charge in [0.05, 0.1) is 25.7 Å². The summed E-state index contributed by atoms with van der Waals surface area (Å²) < 4.78 is 6.92. The highest BCUT2D eigenvalue weighted by Crippen LogP contribution is 2.29. The summed E-state index contributed by atoms with van der Waals surface area (Å²) in [5.41, 5.74) is -0.0330. The van der Waals surface area contributed by atoms with Gasteiger partial charge in [-0.3, -0.25) is 23.9 Å². The van der Waals surface area contributed by atoms with Crippen molar-refractivity contribution >= 4 is 46.6 Å². The molecule has 10 nitrogen and oxygen atoms in total. The molecular weight excluding hydrogens is 425 g/mol. The van der Waals surface area contributed by atoms with Crippen molar-refractivity contribution < 1.29 is 23.9 Å². The lowest BCUT2D eigenvalue weighted by molar-refractivity contribution is -0.159. The van der Waals surface area contributed by atoms with Crippen molar-refractivity contribution in [1.29, 1.82) is 0 Å². The first kappa shape index (κ1) is 19.9. The lowest BCUT2D eigenvalue weighted by atomic mass is 9.93. The number of halogens is 2. The summed E-state index contributed by atoms with van der Waals surface area (Å²) in [6.45, 7) is 2.27. The highest BCUT2D eigenvalue weighted by molar-refractivity contribution is 6.54. The van der Waals surface area contributed by atoms with Crippen molar-refractivity contribution in [3.05, 3.63) is 27.6 Å². The van der Waals surface area contributed by atoms with Gasteiger partial charge in [0.15, 0.2) is 6.04 Å². The van der Waals surface area contributed by atoms with Gasteiger partial charge in [0.1, 0.15) is 27.7 Å². The number of piperazine rings is 1. The number of nitrogens with zero attached hydrogens (tertiary/aromatic N) is 4.